The Morgan fingerprint density at radius 1 is 0.893 bits per heavy atom. The van der Waals surface area contributed by atoms with E-state index in [0.717, 1.165) is 6.42 Å². The van der Waals surface area contributed by atoms with Crippen LogP contribution in [0.2, 0.25) is 0 Å². The summed E-state index contributed by atoms with van der Waals surface area (Å²) in [6.07, 6.45) is -3.26. The summed E-state index contributed by atoms with van der Waals surface area (Å²) in [5.41, 5.74) is -3.15. The van der Waals surface area contributed by atoms with Crippen molar-refractivity contribution in [3.05, 3.63) is 0 Å². The van der Waals surface area contributed by atoms with Crippen LogP contribution in [0.3, 0.4) is 0 Å². The Balaban J connectivity index is 1.82. The fraction of sp³-hybridized carbons (Fsp3) is 0.895. The van der Waals surface area contributed by atoms with Gasteiger partial charge in [-0.15, -0.1) is 0 Å². The molecule has 4 rings (SSSR count). The number of hydrogen-bond donors (Lipinski definition) is 0. The largest absolute Gasteiger partial charge is 0.465 e. The van der Waals surface area contributed by atoms with Gasteiger partial charge in [0.15, 0.2) is 0 Å². The summed E-state index contributed by atoms with van der Waals surface area (Å²) >= 11 is 0. The molecule has 4 aliphatic carbocycles. The second kappa shape index (κ2) is 6.29. The van der Waals surface area contributed by atoms with Crippen molar-refractivity contribution in [3.63, 3.8) is 0 Å². The molecule has 0 aromatic heterocycles. The molecule has 0 heterocycles. The van der Waals surface area contributed by atoms with Crippen LogP contribution in [0, 0.1) is 17.3 Å². The van der Waals surface area contributed by atoms with Crippen LogP contribution in [0.15, 0.2) is 0 Å². The van der Waals surface area contributed by atoms with Gasteiger partial charge in [-0.05, 0) is 64.2 Å². The number of ether oxygens (including phenoxy) is 2. The zero-order valence-electron chi connectivity index (χ0n) is 16.1. The van der Waals surface area contributed by atoms with Gasteiger partial charge in [0.1, 0.15) is 11.2 Å². The summed E-state index contributed by atoms with van der Waals surface area (Å²) in [6.45, 7) is 5.30. The highest BCUT2D eigenvalue weighted by Gasteiger charge is 2.68. The van der Waals surface area contributed by atoms with Crippen molar-refractivity contribution >= 4 is 11.9 Å². The fourth-order valence-corrected chi connectivity index (χ4v) is 5.19. The molecule has 160 valence electrons. The van der Waals surface area contributed by atoms with E-state index in [-0.39, 0.29) is 31.1 Å². The average molecular weight is 412 g/mol. The number of esters is 2. The first-order valence-electron chi connectivity index (χ1n) is 9.55. The predicted molar refractivity (Wildman–Crippen MR) is 87.4 cm³/mol. The number of carbonyl (C=O) groups excluding carboxylic acids is 2. The Labute approximate surface area is 160 Å². The van der Waals surface area contributed by atoms with E-state index in [1.807, 2.05) is 6.92 Å². The quantitative estimate of drug-likeness (QED) is 0.481. The topological polar surface area (TPSA) is 52.6 Å². The van der Waals surface area contributed by atoms with E-state index < -0.39 is 40.7 Å². The van der Waals surface area contributed by atoms with Crippen molar-refractivity contribution < 1.29 is 41.0 Å². The van der Waals surface area contributed by atoms with Gasteiger partial charge >= 0.3 is 24.0 Å². The van der Waals surface area contributed by atoms with E-state index >= 15 is 0 Å². The summed E-state index contributed by atoms with van der Waals surface area (Å²) in [5.74, 6) is -8.64. The molecule has 4 bridgehead atoms. The molecule has 0 amide bonds. The van der Waals surface area contributed by atoms with E-state index in [0.29, 0.717) is 19.3 Å². The standard InChI is InChI=1S/C19H25F5O4/c1-4-15(2,3)13(25)27-16-6-11-5-12(7-16)9-17(8-11,10-16)28-14(26)18(20,21)19(22,23)24/h11-12H,4-10H2,1-3H3. The second-order valence-electron chi connectivity index (χ2n) is 9.42. The molecule has 0 aromatic rings. The Kier molecular flexibility index (Phi) is 4.79. The molecular weight excluding hydrogens is 387 g/mol. The minimum atomic E-state index is -6.01. The lowest BCUT2D eigenvalue weighted by atomic mass is 9.52. The van der Waals surface area contributed by atoms with Gasteiger partial charge in [-0.1, -0.05) is 6.92 Å². The number of rotatable bonds is 5. The SMILES string of the molecule is CCC(C)(C)C(=O)OC12CC3CC(C1)CC(OC(=O)C(F)(F)C(F)(F)F)(C3)C2. The third-order valence-electron chi connectivity index (χ3n) is 6.62. The molecule has 4 fully saturated rings. The Morgan fingerprint density at radius 2 is 1.32 bits per heavy atom. The van der Waals surface area contributed by atoms with Crippen molar-refractivity contribution in [1.29, 1.82) is 0 Å². The lowest BCUT2D eigenvalue weighted by Crippen LogP contribution is -2.63. The molecule has 2 unspecified atom stereocenters. The second-order valence-corrected chi connectivity index (χ2v) is 9.42. The van der Waals surface area contributed by atoms with E-state index in [9.17, 15) is 31.5 Å². The molecule has 9 heteroatoms. The monoisotopic (exact) mass is 412 g/mol. The maximum atomic E-state index is 13.4. The van der Waals surface area contributed by atoms with Gasteiger partial charge in [0.25, 0.3) is 0 Å². The smallest absolute Gasteiger partial charge is 0.458 e. The van der Waals surface area contributed by atoms with Gasteiger partial charge in [-0.2, -0.15) is 22.0 Å². The maximum absolute atomic E-state index is 13.4. The predicted octanol–water partition coefficient (Wildman–Crippen LogP) is 4.80. The van der Waals surface area contributed by atoms with Crippen LogP contribution in [-0.2, 0) is 19.1 Å². The number of hydrogen-bond acceptors (Lipinski definition) is 4. The van der Waals surface area contributed by atoms with Gasteiger partial charge in [0, 0.05) is 6.42 Å². The Bertz CT molecular complexity index is 656. The Hall–Kier alpha value is -1.41. The van der Waals surface area contributed by atoms with Crippen LogP contribution in [0.5, 0.6) is 0 Å². The van der Waals surface area contributed by atoms with Gasteiger partial charge < -0.3 is 9.47 Å². The van der Waals surface area contributed by atoms with Crippen LogP contribution < -0.4 is 0 Å². The molecule has 0 saturated heterocycles. The molecule has 0 aromatic carbocycles. The van der Waals surface area contributed by atoms with E-state index in [2.05, 4.69) is 0 Å². The van der Waals surface area contributed by atoms with E-state index in [4.69, 9.17) is 9.47 Å². The van der Waals surface area contributed by atoms with Gasteiger partial charge in [0.2, 0.25) is 0 Å². The van der Waals surface area contributed by atoms with Crippen LogP contribution in [-0.4, -0.2) is 35.2 Å². The first-order valence-corrected chi connectivity index (χ1v) is 9.55. The lowest BCUT2D eigenvalue weighted by Gasteiger charge is -2.60. The summed E-state index contributed by atoms with van der Waals surface area (Å²) in [6, 6.07) is 0. The molecule has 28 heavy (non-hydrogen) atoms. The summed E-state index contributed by atoms with van der Waals surface area (Å²) in [7, 11) is 0. The minimum absolute atomic E-state index is 0.0296. The normalized spacial score (nSPS) is 35.0. The zero-order chi connectivity index (χ0) is 21.2. The lowest BCUT2D eigenvalue weighted by molar-refractivity contribution is -0.294. The molecule has 4 saturated carbocycles. The molecule has 0 aliphatic heterocycles. The van der Waals surface area contributed by atoms with Crippen molar-refractivity contribution in [2.75, 3.05) is 0 Å². The average Bonchev–Trinajstić information content (AvgIpc) is 2.51. The summed E-state index contributed by atoms with van der Waals surface area (Å²) < 4.78 is 75.2. The Morgan fingerprint density at radius 3 is 1.71 bits per heavy atom. The zero-order valence-corrected chi connectivity index (χ0v) is 16.1. The minimum Gasteiger partial charge on any atom is -0.458 e. The molecule has 0 spiro atoms. The number of carbonyl (C=O) groups is 2. The number of alkyl halides is 5. The first-order chi connectivity index (χ1) is 12.6. The van der Waals surface area contributed by atoms with Crippen molar-refractivity contribution in [2.24, 2.45) is 17.3 Å². The highest BCUT2D eigenvalue weighted by atomic mass is 19.4. The molecular formula is C19H25F5O4. The van der Waals surface area contributed by atoms with Crippen LogP contribution in [0.4, 0.5) is 22.0 Å². The van der Waals surface area contributed by atoms with E-state index in [1.165, 1.54) is 0 Å². The molecule has 2 atom stereocenters. The van der Waals surface area contributed by atoms with E-state index in [1.54, 1.807) is 13.8 Å². The number of halogens is 5. The highest BCUT2D eigenvalue weighted by Crippen LogP contribution is 2.61. The molecule has 4 nitrogen and oxygen atoms in total. The van der Waals surface area contributed by atoms with Crippen molar-refractivity contribution in [2.45, 2.75) is 89.0 Å². The van der Waals surface area contributed by atoms with Gasteiger partial charge in [-0.25, -0.2) is 4.79 Å². The van der Waals surface area contributed by atoms with Gasteiger partial charge in [0.05, 0.1) is 5.41 Å². The van der Waals surface area contributed by atoms with Crippen LogP contribution in [0.25, 0.3) is 0 Å². The summed E-state index contributed by atoms with van der Waals surface area (Å²) in [4.78, 5) is 24.3. The molecule has 0 N–H and O–H groups in total. The maximum Gasteiger partial charge on any atom is 0.465 e. The van der Waals surface area contributed by atoms with Crippen LogP contribution in [0.1, 0.15) is 65.7 Å². The van der Waals surface area contributed by atoms with Gasteiger partial charge in [-0.3, -0.25) is 4.79 Å². The third kappa shape index (κ3) is 3.49. The highest BCUT2D eigenvalue weighted by molar-refractivity contribution is 5.79. The molecule has 4 aliphatic rings. The molecule has 0 radical (unpaired) electrons. The van der Waals surface area contributed by atoms with Crippen LogP contribution >= 0.6 is 0 Å². The van der Waals surface area contributed by atoms with Crippen molar-refractivity contribution in [3.8, 4) is 0 Å². The fourth-order valence-electron chi connectivity index (χ4n) is 5.19. The summed E-state index contributed by atoms with van der Waals surface area (Å²) in [5, 5.41) is 0. The first kappa shape index (κ1) is 21.3. The third-order valence-corrected chi connectivity index (χ3v) is 6.62. The van der Waals surface area contributed by atoms with Crippen molar-refractivity contribution in [1.82, 2.24) is 0 Å².